The van der Waals surface area contributed by atoms with Crippen molar-refractivity contribution in [2.75, 3.05) is 26.3 Å². The maximum absolute atomic E-state index is 9.08. The van der Waals surface area contributed by atoms with Crippen LogP contribution in [0.3, 0.4) is 0 Å². The Hall–Kier alpha value is -0.940. The van der Waals surface area contributed by atoms with Crippen molar-refractivity contribution in [3.8, 4) is 0 Å². The van der Waals surface area contributed by atoms with Crippen LogP contribution >= 0.6 is 0 Å². The van der Waals surface area contributed by atoms with Crippen LogP contribution in [0.15, 0.2) is 24.3 Å². The van der Waals surface area contributed by atoms with Gasteiger partial charge in [0.15, 0.2) is 0 Å². The zero-order valence-corrected chi connectivity index (χ0v) is 9.92. The van der Waals surface area contributed by atoms with E-state index in [1.807, 2.05) is 12.1 Å². The number of nitrogens with zero attached hydrogens (tertiary/aromatic N) is 1. The van der Waals surface area contributed by atoms with Gasteiger partial charge in [-0.2, -0.15) is 0 Å². The summed E-state index contributed by atoms with van der Waals surface area (Å²) in [4.78, 5) is 2.10. The molecule has 2 unspecified atom stereocenters. The number of aliphatic hydroxyl groups is 2. The molecule has 1 aliphatic carbocycles. The van der Waals surface area contributed by atoms with Crippen LogP contribution in [-0.4, -0.2) is 41.4 Å². The van der Waals surface area contributed by atoms with Crippen LogP contribution in [0, 0.1) is 0 Å². The third-order valence-corrected chi connectivity index (χ3v) is 3.45. The van der Waals surface area contributed by atoms with E-state index in [9.17, 15) is 0 Å². The number of hydrogen-bond donors (Lipinski definition) is 3. The van der Waals surface area contributed by atoms with E-state index in [1.54, 1.807) is 0 Å². The normalized spacial score (nSPS) is 23.1. The van der Waals surface area contributed by atoms with Crippen LogP contribution in [0.5, 0.6) is 0 Å². The highest BCUT2D eigenvalue weighted by Crippen LogP contribution is 2.40. The lowest BCUT2D eigenvalue weighted by molar-refractivity contribution is 0.119. The molecule has 0 saturated carbocycles. The predicted octanol–water partition coefficient (Wildman–Crippen LogP) is 0.418. The van der Waals surface area contributed by atoms with E-state index in [-0.39, 0.29) is 25.3 Å². The van der Waals surface area contributed by atoms with Gasteiger partial charge in [-0.1, -0.05) is 24.3 Å². The lowest BCUT2D eigenvalue weighted by Crippen LogP contribution is -2.33. The molecule has 4 nitrogen and oxygen atoms in total. The van der Waals surface area contributed by atoms with Gasteiger partial charge in [0.25, 0.3) is 0 Å². The third-order valence-electron chi connectivity index (χ3n) is 3.45. The SMILES string of the molecule is NC1CC(N(CCO)CCO)c2ccccc21. The second-order valence-electron chi connectivity index (χ2n) is 4.47. The topological polar surface area (TPSA) is 69.7 Å². The first-order chi connectivity index (χ1) is 8.27. The molecule has 2 atom stereocenters. The summed E-state index contributed by atoms with van der Waals surface area (Å²) in [5.74, 6) is 0. The Morgan fingerprint density at radius 1 is 1.12 bits per heavy atom. The van der Waals surface area contributed by atoms with Crippen molar-refractivity contribution >= 4 is 0 Å². The molecule has 2 rings (SSSR count). The van der Waals surface area contributed by atoms with Gasteiger partial charge in [-0.05, 0) is 17.5 Å². The summed E-state index contributed by atoms with van der Waals surface area (Å²) in [6.07, 6.45) is 0.860. The highest BCUT2D eigenvalue weighted by Gasteiger charge is 2.31. The highest BCUT2D eigenvalue weighted by atomic mass is 16.3. The smallest absolute Gasteiger partial charge is 0.0558 e. The van der Waals surface area contributed by atoms with Crippen LogP contribution in [0.25, 0.3) is 0 Å². The van der Waals surface area contributed by atoms with Gasteiger partial charge >= 0.3 is 0 Å². The first-order valence-electron chi connectivity index (χ1n) is 6.08. The van der Waals surface area contributed by atoms with Gasteiger partial charge in [0.1, 0.15) is 0 Å². The summed E-state index contributed by atoms with van der Waals surface area (Å²) in [7, 11) is 0. The van der Waals surface area contributed by atoms with Gasteiger partial charge in [-0.15, -0.1) is 0 Å². The van der Waals surface area contributed by atoms with Crippen LogP contribution in [0.4, 0.5) is 0 Å². The number of aliphatic hydroxyl groups excluding tert-OH is 2. The molecule has 1 aromatic rings. The van der Waals surface area contributed by atoms with Crippen LogP contribution < -0.4 is 5.73 Å². The Kier molecular flexibility index (Phi) is 4.12. The Bertz CT molecular complexity index is 364. The fourth-order valence-corrected chi connectivity index (χ4v) is 2.67. The molecule has 1 aliphatic rings. The van der Waals surface area contributed by atoms with Crippen molar-refractivity contribution in [1.29, 1.82) is 0 Å². The molecule has 0 saturated heterocycles. The minimum Gasteiger partial charge on any atom is -0.395 e. The number of hydrogen-bond acceptors (Lipinski definition) is 4. The number of fused-ring (bicyclic) bond motifs is 1. The van der Waals surface area contributed by atoms with Crippen molar-refractivity contribution in [1.82, 2.24) is 4.90 Å². The molecular weight excluding hydrogens is 216 g/mol. The van der Waals surface area contributed by atoms with Gasteiger partial charge < -0.3 is 15.9 Å². The number of rotatable bonds is 5. The Labute approximate surface area is 102 Å². The van der Waals surface area contributed by atoms with E-state index in [0.717, 1.165) is 6.42 Å². The van der Waals surface area contributed by atoms with Gasteiger partial charge in [0.2, 0.25) is 0 Å². The Morgan fingerprint density at radius 3 is 2.29 bits per heavy atom. The fraction of sp³-hybridized carbons (Fsp3) is 0.538. The summed E-state index contributed by atoms with van der Waals surface area (Å²) >= 11 is 0. The molecule has 94 valence electrons. The number of nitrogens with two attached hydrogens (primary N) is 1. The van der Waals surface area contributed by atoms with Crippen LogP contribution in [0.1, 0.15) is 29.6 Å². The van der Waals surface area contributed by atoms with E-state index >= 15 is 0 Å². The van der Waals surface area contributed by atoms with Crippen molar-refractivity contribution in [3.63, 3.8) is 0 Å². The summed E-state index contributed by atoms with van der Waals surface area (Å²) in [6.45, 7) is 1.36. The molecule has 0 aromatic heterocycles. The second-order valence-corrected chi connectivity index (χ2v) is 4.47. The van der Waals surface area contributed by atoms with Gasteiger partial charge in [-0.3, -0.25) is 4.90 Å². The standard InChI is InChI=1S/C13H20N2O2/c14-12-9-13(15(5-7-16)6-8-17)11-4-2-1-3-10(11)12/h1-4,12-13,16-17H,5-9,14H2. The third kappa shape index (κ3) is 2.50. The highest BCUT2D eigenvalue weighted by molar-refractivity contribution is 5.37. The maximum atomic E-state index is 9.08. The first kappa shape index (κ1) is 12.5. The van der Waals surface area contributed by atoms with E-state index in [1.165, 1.54) is 11.1 Å². The van der Waals surface area contributed by atoms with Gasteiger partial charge in [0.05, 0.1) is 13.2 Å². The molecule has 0 spiro atoms. The summed E-state index contributed by atoms with van der Waals surface area (Å²) in [6, 6.07) is 8.46. The number of benzene rings is 1. The average molecular weight is 236 g/mol. The molecule has 0 aliphatic heterocycles. The maximum Gasteiger partial charge on any atom is 0.0558 e. The minimum absolute atomic E-state index is 0.0658. The molecule has 1 aromatic carbocycles. The van der Waals surface area contributed by atoms with Crippen LogP contribution in [0.2, 0.25) is 0 Å². The molecule has 17 heavy (non-hydrogen) atoms. The molecule has 0 amide bonds. The van der Waals surface area contributed by atoms with Crippen LogP contribution in [-0.2, 0) is 0 Å². The first-order valence-corrected chi connectivity index (χ1v) is 6.08. The average Bonchev–Trinajstić information content (AvgIpc) is 2.67. The molecule has 4 heteroatoms. The predicted molar refractivity (Wildman–Crippen MR) is 66.5 cm³/mol. The minimum atomic E-state index is 0.0658. The lowest BCUT2D eigenvalue weighted by Gasteiger charge is -2.28. The molecule has 0 fully saturated rings. The lowest BCUT2D eigenvalue weighted by atomic mass is 10.1. The van der Waals surface area contributed by atoms with E-state index in [0.29, 0.717) is 13.1 Å². The van der Waals surface area contributed by atoms with Gasteiger partial charge in [-0.25, -0.2) is 0 Å². The Balaban J connectivity index is 2.22. The summed E-state index contributed by atoms with van der Waals surface area (Å²) < 4.78 is 0. The Morgan fingerprint density at radius 2 is 1.71 bits per heavy atom. The molecule has 0 bridgehead atoms. The molecular formula is C13H20N2O2. The second kappa shape index (κ2) is 5.60. The van der Waals surface area contributed by atoms with Gasteiger partial charge in [0, 0.05) is 25.2 Å². The molecule has 4 N–H and O–H groups in total. The zero-order valence-electron chi connectivity index (χ0n) is 9.92. The van der Waals surface area contributed by atoms with E-state index < -0.39 is 0 Å². The van der Waals surface area contributed by atoms with E-state index in [2.05, 4.69) is 17.0 Å². The van der Waals surface area contributed by atoms with Crippen molar-refractivity contribution in [3.05, 3.63) is 35.4 Å². The van der Waals surface area contributed by atoms with Crippen molar-refractivity contribution in [2.45, 2.75) is 18.5 Å². The van der Waals surface area contributed by atoms with Crippen molar-refractivity contribution < 1.29 is 10.2 Å². The van der Waals surface area contributed by atoms with Crippen molar-refractivity contribution in [2.24, 2.45) is 5.73 Å². The largest absolute Gasteiger partial charge is 0.395 e. The fourth-order valence-electron chi connectivity index (χ4n) is 2.67. The zero-order chi connectivity index (χ0) is 12.3. The van der Waals surface area contributed by atoms with E-state index in [4.69, 9.17) is 15.9 Å². The molecule has 0 heterocycles. The monoisotopic (exact) mass is 236 g/mol. The quantitative estimate of drug-likeness (QED) is 0.693. The summed E-state index contributed by atoms with van der Waals surface area (Å²) in [5.41, 5.74) is 8.55. The summed E-state index contributed by atoms with van der Waals surface area (Å²) in [5, 5.41) is 18.2. The molecule has 0 radical (unpaired) electrons.